The highest BCUT2D eigenvalue weighted by molar-refractivity contribution is 6.25. The third-order valence-corrected chi connectivity index (χ3v) is 3.71. The Morgan fingerprint density at radius 3 is 3.14 bits per heavy atom. The van der Waals surface area contributed by atoms with Crippen LogP contribution in [-0.4, -0.2) is 37.1 Å². The van der Waals surface area contributed by atoms with Crippen molar-refractivity contribution in [2.24, 2.45) is 5.92 Å². The third kappa shape index (κ3) is 2.30. The van der Waals surface area contributed by atoms with E-state index in [-0.39, 0.29) is 0 Å². The summed E-state index contributed by atoms with van der Waals surface area (Å²) in [6.45, 7) is 6.80. The smallest absolute Gasteiger partial charge is 0.0235 e. The van der Waals surface area contributed by atoms with Gasteiger partial charge in [0.05, 0.1) is 0 Å². The summed E-state index contributed by atoms with van der Waals surface area (Å²) in [5, 5.41) is 3.61. The standard InChI is InChI=1S/C11H19ClN2/c1-9(5-12)6-14-7-10-3-2-4-13-11(10)8-14/h5,10-11,13H,2-4,6-8H2,1H3/t10-,11+/m0/s1. The van der Waals surface area contributed by atoms with Gasteiger partial charge in [-0.3, -0.25) is 4.90 Å². The second kappa shape index (κ2) is 4.65. The molecule has 2 rings (SSSR count). The van der Waals surface area contributed by atoms with E-state index in [1.807, 2.05) is 0 Å². The molecule has 2 heterocycles. The molecule has 0 spiro atoms. The Bertz CT molecular complexity index is 213. The molecule has 14 heavy (non-hydrogen) atoms. The summed E-state index contributed by atoms with van der Waals surface area (Å²) in [4.78, 5) is 2.52. The van der Waals surface area contributed by atoms with Crippen molar-refractivity contribution in [3.8, 4) is 0 Å². The average Bonchev–Trinajstić information content (AvgIpc) is 2.59. The number of fused-ring (bicyclic) bond motifs is 1. The number of hydrogen-bond acceptors (Lipinski definition) is 2. The first-order valence-electron chi connectivity index (χ1n) is 5.51. The van der Waals surface area contributed by atoms with Crippen molar-refractivity contribution in [2.45, 2.75) is 25.8 Å². The zero-order valence-electron chi connectivity index (χ0n) is 8.80. The topological polar surface area (TPSA) is 15.3 Å². The third-order valence-electron chi connectivity index (χ3n) is 3.33. The van der Waals surface area contributed by atoms with Gasteiger partial charge < -0.3 is 5.32 Å². The quantitative estimate of drug-likeness (QED) is 0.755. The Morgan fingerprint density at radius 1 is 1.57 bits per heavy atom. The summed E-state index contributed by atoms with van der Waals surface area (Å²) < 4.78 is 0. The van der Waals surface area contributed by atoms with Gasteiger partial charge in [0.25, 0.3) is 0 Å². The molecule has 0 saturated carbocycles. The number of piperidine rings is 1. The lowest BCUT2D eigenvalue weighted by molar-refractivity contribution is 0.334. The molecule has 0 aromatic carbocycles. The monoisotopic (exact) mass is 214 g/mol. The van der Waals surface area contributed by atoms with Gasteiger partial charge in [0.1, 0.15) is 0 Å². The fourth-order valence-electron chi connectivity index (χ4n) is 2.65. The number of nitrogens with one attached hydrogen (secondary N) is 1. The molecule has 2 saturated heterocycles. The van der Waals surface area contributed by atoms with Crippen LogP contribution in [0.1, 0.15) is 19.8 Å². The predicted octanol–water partition coefficient (Wildman–Crippen LogP) is 1.81. The number of halogens is 1. The molecule has 2 atom stereocenters. The second-order valence-electron chi connectivity index (χ2n) is 4.61. The van der Waals surface area contributed by atoms with Crippen LogP contribution in [0.2, 0.25) is 0 Å². The van der Waals surface area contributed by atoms with Crippen LogP contribution in [0.5, 0.6) is 0 Å². The van der Waals surface area contributed by atoms with Gasteiger partial charge in [0.15, 0.2) is 0 Å². The van der Waals surface area contributed by atoms with Crippen LogP contribution in [0.15, 0.2) is 11.1 Å². The molecule has 0 amide bonds. The minimum atomic E-state index is 0.742. The molecular formula is C11H19ClN2. The van der Waals surface area contributed by atoms with E-state index in [1.165, 1.54) is 38.0 Å². The van der Waals surface area contributed by atoms with Gasteiger partial charge in [0, 0.05) is 31.2 Å². The van der Waals surface area contributed by atoms with Crippen LogP contribution in [0.3, 0.4) is 0 Å². The lowest BCUT2D eigenvalue weighted by Crippen LogP contribution is -2.40. The van der Waals surface area contributed by atoms with Gasteiger partial charge in [-0.05, 0) is 37.8 Å². The summed E-state index contributed by atoms with van der Waals surface area (Å²) in [5.74, 6) is 0.881. The molecular weight excluding hydrogens is 196 g/mol. The van der Waals surface area contributed by atoms with Crippen molar-refractivity contribution in [3.05, 3.63) is 11.1 Å². The van der Waals surface area contributed by atoms with Crippen LogP contribution in [-0.2, 0) is 0 Å². The number of nitrogens with zero attached hydrogens (tertiary/aromatic N) is 1. The van der Waals surface area contributed by atoms with Crippen molar-refractivity contribution < 1.29 is 0 Å². The van der Waals surface area contributed by atoms with E-state index in [2.05, 4.69) is 17.1 Å². The molecule has 2 aliphatic rings. The Hall–Kier alpha value is -0.0500. The molecule has 0 radical (unpaired) electrons. The second-order valence-corrected chi connectivity index (χ2v) is 4.83. The van der Waals surface area contributed by atoms with Crippen LogP contribution in [0.25, 0.3) is 0 Å². The van der Waals surface area contributed by atoms with E-state index >= 15 is 0 Å². The van der Waals surface area contributed by atoms with Gasteiger partial charge in [-0.2, -0.15) is 0 Å². The predicted molar refractivity (Wildman–Crippen MR) is 60.6 cm³/mol. The number of likely N-dealkylation sites (tertiary alicyclic amines) is 1. The normalized spacial score (nSPS) is 34.6. The van der Waals surface area contributed by atoms with Crippen molar-refractivity contribution in [1.29, 1.82) is 0 Å². The van der Waals surface area contributed by atoms with E-state index < -0.39 is 0 Å². The van der Waals surface area contributed by atoms with Crippen LogP contribution in [0, 0.1) is 5.92 Å². The maximum Gasteiger partial charge on any atom is 0.0235 e. The molecule has 2 aliphatic heterocycles. The largest absolute Gasteiger partial charge is 0.312 e. The lowest BCUT2D eigenvalue weighted by Gasteiger charge is -2.24. The van der Waals surface area contributed by atoms with Gasteiger partial charge in [-0.25, -0.2) is 0 Å². The minimum Gasteiger partial charge on any atom is -0.312 e. The Balaban J connectivity index is 1.86. The lowest BCUT2D eigenvalue weighted by atomic mass is 9.94. The Labute approximate surface area is 91.3 Å². The maximum absolute atomic E-state index is 5.68. The van der Waals surface area contributed by atoms with Crippen LogP contribution in [0.4, 0.5) is 0 Å². The van der Waals surface area contributed by atoms with E-state index in [0.29, 0.717) is 0 Å². The SMILES string of the molecule is CC(=CCl)CN1C[C@@H]2CCCN[C@@H]2C1. The number of rotatable bonds is 2. The van der Waals surface area contributed by atoms with Crippen LogP contribution < -0.4 is 5.32 Å². The van der Waals surface area contributed by atoms with Crippen molar-refractivity contribution in [1.82, 2.24) is 10.2 Å². The Morgan fingerprint density at radius 2 is 2.43 bits per heavy atom. The van der Waals surface area contributed by atoms with Gasteiger partial charge in [0.2, 0.25) is 0 Å². The van der Waals surface area contributed by atoms with Gasteiger partial charge in [-0.1, -0.05) is 11.6 Å². The van der Waals surface area contributed by atoms with Crippen molar-refractivity contribution >= 4 is 11.6 Å². The van der Waals surface area contributed by atoms with E-state index in [0.717, 1.165) is 18.5 Å². The van der Waals surface area contributed by atoms with E-state index in [9.17, 15) is 0 Å². The number of hydrogen-bond donors (Lipinski definition) is 1. The molecule has 2 fully saturated rings. The highest BCUT2D eigenvalue weighted by atomic mass is 35.5. The maximum atomic E-state index is 5.68. The summed E-state index contributed by atoms with van der Waals surface area (Å²) in [5.41, 5.74) is 2.97. The highest BCUT2D eigenvalue weighted by Crippen LogP contribution is 2.25. The first kappa shape index (κ1) is 10.5. The molecule has 2 nitrogen and oxygen atoms in total. The molecule has 0 bridgehead atoms. The summed E-state index contributed by atoms with van der Waals surface area (Å²) >= 11 is 5.68. The molecule has 0 unspecified atom stereocenters. The summed E-state index contributed by atoms with van der Waals surface area (Å²) in [7, 11) is 0. The summed E-state index contributed by atoms with van der Waals surface area (Å²) in [6, 6.07) is 0.742. The first-order chi connectivity index (χ1) is 6.79. The van der Waals surface area contributed by atoms with Gasteiger partial charge in [-0.15, -0.1) is 0 Å². The molecule has 0 aromatic rings. The van der Waals surface area contributed by atoms with Crippen LogP contribution >= 0.6 is 11.6 Å². The average molecular weight is 215 g/mol. The molecule has 3 heteroatoms. The minimum absolute atomic E-state index is 0.742. The van der Waals surface area contributed by atoms with Gasteiger partial charge >= 0.3 is 0 Å². The zero-order valence-corrected chi connectivity index (χ0v) is 9.56. The molecule has 1 N–H and O–H groups in total. The Kier molecular flexibility index (Phi) is 3.47. The highest BCUT2D eigenvalue weighted by Gasteiger charge is 2.33. The molecule has 80 valence electrons. The van der Waals surface area contributed by atoms with E-state index in [4.69, 9.17) is 11.6 Å². The summed E-state index contributed by atoms with van der Waals surface area (Å²) in [6.07, 6.45) is 2.75. The molecule has 0 aliphatic carbocycles. The zero-order chi connectivity index (χ0) is 9.97. The van der Waals surface area contributed by atoms with E-state index in [1.54, 1.807) is 5.54 Å². The fourth-order valence-corrected chi connectivity index (χ4v) is 2.72. The first-order valence-corrected chi connectivity index (χ1v) is 5.95. The van der Waals surface area contributed by atoms with Crippen molar-refractivity contribution in [2.75, 3.05) is 26.2 Å². The fraction of sp³-hybridized carbons (Fsp3) is 0.818. The van der Waals surface area contributed by atoms with Crippen molar-refractivity contribution in [3.63, 3.8) is 0 Å². The molecule has 0 aromatic heterocycles.